The van der Waals surface area contributed by atoms with Crippen molar-refractivity contribution in [3.05, 3.63) is 59.4 Å². The minimum Gasteiger partial charge on any atom is -0.353 e. The van der Waals surface area contributed by atoms with Crippen LogP contribution in [0.5, 0.6) is 0 Å². The van der Waals surface area contributed by atoms with Crippen LogP contribution >= 0.6 is 0 Å². The van der Waals surface area contributed by atoms with Crippen LogP contribution in [0.2, 0.25) is 0 Å². The number of amides is 1. The first-order valence-electron chi connectivity index (χ1n) is 7.43. The third-order valence-electron chi connectivity index (χ3n) is 3.88. The van der Waals surface area contributed by atoms with Crippen molar-refractivity contribution in [1.82, 2.24) is 14.8 Å². The van der Waals surface area contributed by atoms with Gasteiger partial charge in [-0.3, -0.25) is 9.69 Å². The fourth-order valence-corrected chi connectivity index (χ4v) is 2.47. The van der Waals surface area contributed by atoms with E-state index in [0.717, 1.165) is 17.8 Å². The van der Waals surface area contributed by atoms with Gasteiger partial charge in [0, 0.05) is 31.0 Å². The lowest BCUT2D eigenvalue weighted by atomic mass is 10.1. The monoisotopic (exact) mass is 339 g/mol. The van der Waals surface area contributed by atoms with Gasteiger partial charge in [-0.1, -0.05) is 0 Å². The number of halogens is 3. The number of carbonyl (C=O) groups is 1. The number of benzene rings is 1. The van der Waals surface area contributed by atoms with Gasteiger partial charge in [0.25, 0.3) is 5.91 Å². The van der Waals surface area contributed by atoms with Crippen molar-refractivity contribution in [2.75, 3.05) is 20.6 Å². The van der Waals surface area contributed by atoms with Gasteiger partial charge in [0.15, 0.2) is 0 Å². The number of alkyl halides is 3. The molecule has 2 rings (SSSR count). The summed E-state index contributed by atoms with van der Waals surface area (Å²) in [4.78, 5) is 14.1. The summed E-state index contributed by atoms with van der Waals surface area (Å²) in [5.74, 6) is -0.398. The van der Waals surface area contributed by atoms with E-state index in [1.807, 2.05) is 48.9 Å². The number of aryl methyl sites for hydroxylation is 1. The second kappa shape index (κ2) is 7.09. The van der Waals surface area contributed by atoms with Gasteiger partial charge in [-0.2, -0.15) is 13.2 Å². The first-order chi connectivity index (χ1) is 11.2. The van der Waals surface area contributed by atoms with E-state index < -0.39 is 17.6 Å². The topological polar surface area (TPSA) is 37.3 Å². The SMILES string of the molecule is CN(C)C(CNC(=O)c1ccc(C(F)(F)F)cc1)c1cccn1C. The summed E-state index contributed by atoms with van der Waals surface area (Å²) in [5, 5.41) is 2.78. The minimum absolute atomic E-state index is 0.0385. The lowest BCUT2D eigenvalue weighted by Gasteiger charge is -2.25. The third-order valence-corrected chi connectivity index (χ3v) is 3.88. The van der Waals surface area contributed by atoms with Crippen LogP contribution in [-0.4, -0.2) is 36.0 Å². The van der Waals surface area contributed by atoms with Crippen LogP contribution in [0.4, 0.5) is 13.2 Å². The standard InChI is InChI=1S/C17H20F3N3O/c1-22(2)15(14-5-4-10-23(14)3)11-21-16(24)12-6-8-13(9-7-12)17(18,19)20/h4-10,15H,11H2,1-3H3,(H,21,24). The Balaban J connectivity index is 2.05. The summed E-state index contributed by atoms with van der Waals surface area (Å²) in [7, 11) is 5.73. The van der Waals surface area contributed by atoms with Gasteiger partial charge in [0.2, 0.25) is 0 Å². The van der Waals surface area contributed by atoms with Crippen molar-refractivity contribution in [3.8, 4) is 0 Å². The predicted molar refractivity (Wildman–Crippen MR) is 85.6 cm³/mol. The molecule has 1 N–H and O–H groups in total. The van der Waals surface area contributed by atoms with Crippen LogP contribution in [0.1, 0.15) is 27.7 Å². The van der Waals surface area contributed by atoms with Gasteiger partial charge in [0.05, 0.1) is 11.6 Å². The maximum absolute atomic E-state index is 12.5. The summed E-state index contributed by atoms with van der Waals surface area (Å²) < 4.78 is 39.6. The molecule has 0 bridgehead atoms. The first-order valence-corrected chi connectivity index (χ1v) is 7.43. The Labute approximate surface area is 138 Å². The number of rotatable bonds is 5. The van der Waals surface area contributed by atoms with E-state index in [1.165, 1.54) is 12.1 Å². The molecule has 1 amide bonds. The maximum atomic E-state index is 12.5. The van der Waals surface area contributed by atoms with E-state index in [4.69, 9.17) is 0 Å². The Morgan fingerprint density at radius 2 is 1.83 bits per heavy atom. The van der Waals surface area contributed by atoms with Crippen LogP contribution in [0, 0.1) is 0 Å². The molecule has 130 valence electrons. The van der Waals surface area contributed by atoms with Crippen molar-refractivity contribution >= 4 is 5.91 Å². The predicted octanol–water partition coefficient (Wildman–Crippen LogP) is 3.08. The van der Waals surface area contributed by atoms with Crippen molar-refractivity contribution in [1.29, 1.82) is 0 Å². The molecule has 1 unspecified atom stereocenters. The Bertz CT molecular complexity index is 690. The molecule has 1 aromatic carbocycles. The molecule has 0 saturated heterocycles. The second-order valence-electron chi connectivity index (χ2n) is 5.81. The fourth-order valence-electron chi connectivity index (χ4n) is 2.47. The Morgan fingerprint density at radius 3 is 2.29 bits per heavy atom. The highest BCUT2D eigenvalue weighted by Gasteiger charge is 2.30. The quantitative estimate of drug-likeness (QED) is 0.909. The van der Waals surface area contributed by atoms with Gasteiger partial charge >= 0.3 is 6.18 Å². The average Bonchev–Trinajstić information content (AvgIpc) is 2.92. The highest BCUT2D eigenvalue weighted by atomic mass is 19.4. The molecule has 1 heterocycles. The zero-order chi connectivity index (χ0) is 17.9. The largest absolute Gasteiger partial charge is 0.416 e. The van der Waals surface area contributed by atoms with Crippen molar-refractivity contribution in [3.63, 3.8) is 0 Å². The number of aromatic nitrogens is 1. The highest BCUT2D eigenvalue weighted by molar-refractivity contribution is 5.94. The molecule has 0 radical (unpaired) electrons. The second-order valence-corrected chi connectivity index (χ2v) is 5.81. The van der Waals surface area contributed by atoms with Gasteiger partial charge in [-0.15, -0.1) is 0 Å². The van der Waals surface area contributed by atoms with Gasteiger partial charge < -0.3 is 9.88 Å². The lowest BCUT2D eigenvalue weighted by Crippen LogP contribution is -2.35. The number of carbonyl (C=O) groups excluding carboxylic acids is 1. The molecule has 0 aliphatic heterocycles. The lowest BCUT2D eigenvalue weighted by molar-refractivity contribution is -0.137. The summed E-state index contributed by atoms with van der Waals surface area (Å²) in [5.41, 5.74) is 0.467. The van der Waals surface area contributed by atoms with Crippen molar-refractivity contribution in [2.45, 2.75) is 12.2 Å². The zero-order valence-corrected chi connectivity index (χ0v) is 13.8. The number of likely N-dealkylation sites (N-methyl/N-ethyl adjacent to an activating group) is 1. The number of hydrogen-bond donors (Lipinski definition) is 1. The molecule has 7 heteroatoms. The molecule has 0 aliphatic rings. The maximum Gasteiger partial charge on any atom is 0.416 e. The van der Waals surface area contributed by atoms with E-state index in [-0.39, 0.29) is 11.6 Å². The van der Waals surface area contributed by atoms with E-state index >= 15 is 0 Å². The van der Waals surface area contributed by atoms with Gasteiger partial charge in [-0.25, -0.2) is 0 Å². The van der Waals surface area contributed by atoms with E-state index in [2.05, 4.69) is 5.32 Å². The van der Waals surface area contributed by atoms with Gasteiger partial charge in [-0.05, 0) is 50.5 Å². The summed E-state index contributed by atoms with van der Waals surface area (Å²) in [6, 6.07) is 8.05. The molecule has 0 saturated carbocycles. The molecule has 0 fully saturated rings. The first kappa shape index (κ1) is 18.1. The summed E-state index contributed by atoms with van der Waals surface area (Å²) >= 11 is 0. The van der Waals surface area contributed by atoms with Crippen molar-refractivity contribution < 1.29 is 18.0 Å². The molecule has 0 aliphatic carbocycles. The minimum atomic E-state index is -4.41. The van der Waals surface area contributed by atoms with E-state index in [1.54, 1.807) is 0 Å². The molecule has 1 atom stereocenters. The van der Waals surface area contributed by atoms with Gasteiger partial charge in [0.1, 0.15) is 0 Å². The zero-order valence-electron chi connectivity index (χ0n) is 13.8. The molecular weight excluding hydrogens is 319 g/mol. The molecular formula is C17H20F3N3O. The molecule has 1 aromatic heterocycles. The molecule has 0 spiro atoms. The Morgan fingerprint density at radius 1 is 1.21 bits per heavy atom. The van der Waals surface area contributed by atoms with Crippen LogP contribution < -0.4 is 5.32 Å². The summed E-state index contributed by atoms with van der Waals surface area (Å²) in [6.07, 6.45) is -2.49. The number of nitrogens with one attached hydrogen (secondary N) is 1. The highest BCUT2D eigenvalue weighted by Crippen LogP contribution is 2.29. The van der Waals surface area contributed by atoms with E-state index in [9.17, 15) is 18.0 Å². The van der Waals surface area contributed by atoms with Crippen LogP contribution in [0.3, 0.4) is 0 Å². The van der Waals surface area contributed by atoms with Crippen LogP contribution in [-0.2, 0) is 13.2 Å². The summed E-state index contributed by atoms with van der Waals surface area (Å²) in [6.45, 7) is 0.352. The molecule has 4 nitrogen and oxygen atoms in total. The Hall–Kier alpha value is -2.28. The fraction of sp³-hybridized carbons (Fsp3) is 0.353. The van der Waals surface area contributed by atoms with E-state index in [0.29, 0.717) is 6.54 Å². The third kappa shape index (κ3) is 4.17. The number of nitrogens with zero attached hydrogens (tertiary/aromatic N) is 2. The molecule has 2 aromatic rings. The van der Waals surface area contributed by atoms with Crippen LogP contribution in [0.15, 0.2) is 42.6 Å². The van der Waals surface area contributed by atoms with Crippen LogP contribution in [0.25, 0.3) is 0 Å². The number of hydrogen-bond acceptors (Lipinski definition) is 2. The normalized spacial score (nSPS) is 13.1. The smallest absolute Gasteiger partial charge is 0.353 e. The average molecular weight is 339 g/mol. The van der Waals surface area contributed by atoms with Crippen molar-refractivity contribution in [2.24, 2.45) is 7.05 Å². The Kier molecular flexibility index (Phi) is 5.33. The molecule has 24 heavy (non-hydrogen) atoms.